The number of morpholine rings is 1. The summed E-state index contributed by atoms with van der Waals surface area (Å²) in [7, 11) is 1.36. The van der Waals surface area contributed by atoms with Crippen LogP contribution in [0.3, 0.4) is 0 Å². The first-order valence-electron chi connectivity index (χ1n) is 6.62. The van der Waals surface area contributed by atoms with E-state index >= 15 is 0 Å². The summed E-state index contributed by atoms with van der Waals surface area (Å²) in [6, 6.07) is 0.0742. The normalized spacial score (nSPS) is 18.9. The van der Waals surface area contributed by atoms with Crippen molar-refractivity contribution < 1.29 is 19.1 Å². The zero-order valence-corrected chi connectivity index (χ0v) is 13.2. The molecule has 7 heteroatoms. The monoisotopic (exact) mass is 308 g/mol. The number of nitrogens with one attached hydrogen (secondary N) is 2. The molecule has 1 atom stereocenters. The Bertz CT molecular complexity index is 317. The molecule has 0 radical (unpaired) electrons. The van der Waals surface area contributed by atoms with Crippen molar-refractivity contribution in [3.05, 3.63) is 0 Å². The lowest BCUT2D eigenvalue weighted by atomic mass is 9.98. The lowest BCUT2D eigenvalue weighted by molar-refractivity contribution is -0.141. The molecule has 0 aromatic rings. The van der Waals surface area contributed by atoms with Crippen molar-refractivity contribution in [2.24, 2.45) is 0 Å². The van der Waals surface area contributed by atoms with Crippen LogP contribution < -0.4 is 10.6 Å². The van der Waals surface area contributed by atoms with E-state index in [9.17, 15) is 9.59 Å². The third-order valence-electron chi connectivity index (χ3n) is 3.09. The van der Waals surface area contributed by atoms with E-state index in [4.69, 9.17) is 4.74 Å². The molecule has 1 unspecified atom stereocenters. The molecule has 0 bridgehead atoms. The summed E-state index contributed by atoms with van der Waals surface area (Å²) < 4.78 is 9.90. The number of carbonyl (C=O) groups is 2. The van der Waals surface area contributed by atoms with E-state index < -0.39 is 5.54 Å². The van der Waals surface area contributed by atoms with Crippen LogP contribution in [0.25, 0.3) is 0 Å². The van der Waals surface area contributed by atoms with Gasteiger partial charge in [0.15, 0.2) is 0 Å². The number of esters is 1. The Kier molecular flexibility index (Phi) is 8.76. The highest BCUT2D eigenvalue weighted by Crippen LogP contribution is 2.12. The molecule has 2 N–H and O–H groups in total. The second-order valence-corrected chi connectivity index (χ2v) is 5.44. The Morgan fingerprint density at radius 2 is 2.15 bits per heavy atom. The molecule has 20 heavy (non-hydrogen) atoms. The average Bonchev–Trinajstić information content (AvgIpc) is 2.36. The minimum atomic E-state index is -0.416. The van der Waals surface area contributed by atoms with E-state index in [0.29, 0.717) is 32.5 Å². The third kappa shape index (κ3) is 7.67. The number of methoxy groups -OCH3 is 1. The summed E-state index contributed by atoms with van der Waals surface area (Å²) in [5, 5.41) is 6.18. The fourth-order valence-corrected chi connectivity index (χ4v) is 1.98. The van der Waals surface area contributed by atoms with Gasteiger partial charge in [0, 0.05) is 31.0 Å². The number of hydrogen-bond acceptors (Lipinski definition) is 5. The molecule has 1 rings (SSSR count). The van der Waals surface area contributed by atoms with Gasteiger partial charge < -0.3 is 20.1 Å². The maximum atomic E-state index is 11.9. The van der Waals surface area contributed by atoms with E-state index in [1.165, 1.54) is 7.11 Å². The molecule has 0 saturated carbocycles. The van der Waals surface area contributed by atoms with E-state index in [1.54, 1.807) is 0 Å². The number of ether oxygens (including phenoxy) is 2. The molecular formula is C13H25ClN2O4. The fraction of sp³-hybridized carbons (Fsp3) is 0.846. The van der Waals surface area contributed by atoms with Crippen molar-refractivity contribution in [2.75, 3.05) is 26.9 Å². The Labute approximate surface area is 126 Å². The topological polar surface area (TPSA) is 76.7 Å². The van der Waals surface area contributed by atoms with Crippen molar-refractivity contribution >= 4 is 24.3 Å². The minimum Gasteiger partial charge on any atom is -0.469 e. The van der Waals surface area contributed by atoms with Crippen LogP contribution in [0.4, 0.5) is 0 Å². The van der Waals surface area contributed by atoms with Crippen molar-refractivity contribution in [3.63, 3.8) is 0 Å². The van der Waals surface area contributed by atoms with Gasteiger partial charge in [-0.15, -0.1) is 12.4 Å². The predicted octanol–water partition coefficient (Wildman–Crippen LogP) is 0.635. The third-order valence-corrected chi connectivity index (χ3v) is 3.09. The summed E-state index contributed by atoms with van der Waals surface area (Å²) in [6.45, 7) is 5.85. The maximum Gasteiger partial charge on any atom is 0.305 e. The van der Waals surface area contributed by atoms with Gasteiger partial charge in [-0.1, -0.05) is 0 Å². The molecule has 1 fully saturated rings. The smallest absolute Gasteiger partial charge is 0.305 e. The van der Waals surface area contributed by atoms with Crippen LogP contribution in [0.2, 0.25) is 0 Å². The van der Waals surface area contributed by atoms with Gasteiger partial charge in [0.1, 0.15) is 0 Å². The molecule has 0 aliphatic carbocycles. The fourth-order valence-electron chi connectivity index (χ4n) is 1.98. The van der Waals surface area contributed by atoms with Gasteiger partial charge in [-0.25, -0.2) is 0 Å². The first-order valence-corrected chi connectivity index (χ1v) is 6.62. The molecule has 118 valence electrons. The van der Waals surface area contributed by atoms with Crippen LogP contribution in [0.15, 0.2) is 0 Å². The van der Waals surface area contributed by atoms with Gasteiger partial charge in [-0.05, 0) is 20.3 Å². The largest absolute Gasteiger partial charge is 0.469 e. The quantitative estimate of drug-likeness (QED) is 0.704. The van der Waals surface area contributed by atoms with E-state index in [-0.39, 0.29) is 30.3 Å². The Hall–Kier alpha value is -0.850. The molecule has 1 heterocycles. The first kappa shape index (κ1) is 19.1. The van der Waals surface area contributed by atoms with Gasteiger partial charge in [0.05, 0.1) is 20.3 Å². The van der Waals surface area contributed by atoms with Crippen molar-refractivity contribution in [2.45, 2.75) is 44.7 Å². The lowest BCUT2D eigenvalue weighted by Gasteiger charge is -2.28. The zero-order chi connectivity index (χ0) is 14.3. The number of hydrogen-bond donors (Lipinski definition) is 2. The van der Waals surface area contributed by atoms with Gasteiger partial charge >= 0.3 is 5.97 Å². The van der Waals surface area contributed by atoms with Crippen LogP contribution in [-0.2, 0) is 19.1 Å². The van der Waals surface area contributed by atoms with Crippen molar-refractivity contribution in [1.82, 2.24) is 10.6 Å². The van der Waals surface area contributed by atoms with Crippen LogP contribution >= 0.6 is 12.4 Å². The van der Waals surface area contributed by atoms with Crippen LogP contribution in [0.5, 0.6) is 0 Å². The highest BCUT2D eigenvalue weighted by Gasteiger charge is 2.24. The standard InChI is InChI=1S/C13H24N2O4.ClH/c1-13(2,5-4-12(17)18-3)15-11(16)8-10-9-19-7-6-14-10;/h10,14H,4-9H2,1-3H3,(H,15,16);1H. The lowest BCUT2D eigenvalue weighted by Crippen LogP contribution is -2.48. The summed E-state index contributed by atoms with van der Waals surface area (Å²) in [4.78, 5) is 23.0. The molecule has 0 aromatic carbocycles. The first-order chi connectivity index (χ1) is 8.93. The predicted molar refractivity (Wildman–Crippen MR) is 77.9 cm³/mol. The van der Waals surface area contributed by atoms with E-state index in [1.807, 2.05) is 13.8 Å². The molecule has 6 nitrogen and oxygen atoms in total. The minimum absolute atomic E-state index is 0. The van der Waals surface area contributed by atoms with Gasteiger partial charge in [-0.2, -0.15) is 0 Å². The summed E-state index contributed by atoms with van der Waals surface area (Å²) >= 11 is 0. The second kappa shape index (κ2) is 9.15. The number of carbonyl (C=O) groups excluding carboxylic acids is 2. The number of halogens is 1. The van der Waals surface area contributed by atoms with Crippen molar-refractivity contribution in [1.29, 1.82) is 0 Å². The summed E-state index contributed by atoms with van der Waals surface area (Å²) in [6.07, 6.45) is 1.25. The Morgan fingerprint density at radius 3 is 2.70 bits per heavy atom. The van der Waals surface area contributed by atoms with Crippen molar-refractivity contribution in [3.8, 4) is 0 Å². The van der Waals surface area contributed by atoms with Gasteiger partial charge in [0.25, 0.3) is 0 Å². The van der Waals surface area contributed by atoms with Crippen LogP contribution in [0, 0.1) is 0 Å². The highest BCUT2D eigenvalue weighted by molar-refractivity contribution is 5.85. The zero-order valence-electron chi connectivity index (χ0n) is 12.4. The molecule has 1 aliphatic heterocycles. The van der Waals surface area contributed by atoms with Gasteiger partial charge in [-0.3, -0.25) is 9.59 Å². The molecule has 1 aliphatic rings. The number of amides is 1. The summed E-state index contributed by atoms with van der Waals surface area (Å²) in [5.41, 5.74) is -0.416. The molecule has 1 saturated heterocycles. The van der Waals surface area contributed by atoms with E-state index in [2.05, 4.69) is 15.4 Å². The van der Waals surface area contributed by atoms with Gasteiger partial charge in [0.2, 0.25) is 5.91 Å². The average molecular weight is 309 g/mol. The summed E-state index contributed by atoms with van der Waals surface area (Å²) in [5.74, 6) is -0.289. The molecular weight excluding hydrogens is 284 g/mol. The van der Waals surface area contributed by atoms with Crippen LogP contribution in [-0.4, -0.2) is 50.3 Å². The highest BCUT2D eigenvalue weighted by atomic mass is 35.5. The Balaban J connectivity index is 0.00000361. The SMILES string of the molecule is COC(=O)CCC(C)(C)NC(=O)CC1COCCN1.Cl. The molecule has 1 amide bonds. The second-order valence-electron chi connectivity index (χ2n) is 5.44. The molecule has 0 aromatic heterocycles. The molecule has 0 spiro atoms. The van der Waals surface area contributed by atoms with E-state index in [0.717, 1.165) is 6.54 Å². The maximum absolute atomic E-state index is 11.9. The Morgan fingerprint density at radius 1 is 1.45 bits per heavy atom. The number of rotatable bonds is 6. The van der Waals surface area contributed by atoms with Crippen LogP contribution in [0.1, 0.15) is 33.1 Å².